The summed E-state index contributed by atoms with van der Waals surface area (Å²) < 4.78 is 12.7. The lowest BCUT2D eigenvalue weighted by atomic mass is 10.3. The molecule has 0 spiro atoms. The van der Waals surface area contributed by atoms with E-state index in [1.165, 1.54) is 19.4 Å². The first-order valence-electron chi connectivity index (χ1n) is 5.84. The molecule has 2 aromatic rings. The molecule has 0 aromatic carbocycles. The minimum absolute atomic E-state index is 0.116. The lowest BCUT2D eigenvalue weighted by Gasteiger charge is -2.17. The zero-order valence-electron chi connectivity index (χ0n) is 10.6. The van der Waals surface area contributed by atoms with Crippen molar-refractivity contribution in [1.82, 2.24) is 19.4 Å². The van der Waals surface area contributed by atoms with Crippen molar-refractivity contribution in [3.8, 4) is 11.6 Å². The smallest absolute Gasteiger partial charge is 0.364 e. The second kappa shape index (κ2) is 4.68. The fourth-order valence-corrected chi connectivity index (χ4v) is 1.68. The third-order valence-electron chi connectivity index (χ3n) is 2.68. The predicted octanol–water partition coefficient (Wildman–Crippen LogP) is -0.868. The van der Waals surface area contributed by atoms with Gasteiger partial charge in [-0.05, 0) is 12.1 Å². The number of fused-ring (bicyclic) bond motifs is 1. The van der Waals surface area contributed by atoms with Crippen LogP contribution in [0.1, 0.15) is 10.5 Å². The summed E-state index contributed by atoms with van der Waals surface area (Å²) in [6.07, 6.45) is 1.21. The second-order valence-corrected chi connectivity index (χ2v) is 4.04. The van der Waals surface area contributed by atoms with Crippen molar-refractivity contribution in [2.45, 2.75) is 0 Å². The lowest BCUT2D eigenvalue weighted by molar-refractivity contribution is 0.0998. The summed E-state index contributed by atoms with van der Waals surface area (Å²) in [6, 6.07) is 3.09. The van der Waals surface area contributed by atoms with Gasteiger partial charge in [-0.25, -0.2) is 14.5 Å². The Balaban J connectivity index is 1.84. The molecule has 104 valence electrons. The van der Waals surface area contributed by atoms with E-state index in [1.807, 2.05) is 0 Å². The monoisotopic (exact) mass is 277 g/mol. The topological polar surface area (TPSA) is 100 Å². The van der Waals surface area contributed by atoms with Gasteiger partial charge in [0.05, 0.1) is 0 Å². The van der Waals surface area contributed by atoms with Gasteiger partial charge in [-0.1, -0.05) is 0 Å². The maximum Gasteiger partial charge on any atom is 0.364 e. The first-order valence-corrected chi connectivity index (χ1v) is 5.84. The normalized spacial score (nSPS) is 13.1. The number of amides is 1. The minimum atomic E-state index is -0.544. The van der Waals surface area contributed by atoms with Crippen LogP contribution in [0.5, 0.6) is 11.6 Å². The largest absolute Gasteiger partial charge is 0.484 e. The van der Waals surface area contributed by atoms with E-state index in [0.717, 1.165) is 9.36 Å². The Morgan fingerprint density at radius 2 is 2.15 bits per heavy atom. The van der Waals surface area contributed by atoms with Crippen LogP contribution in [0.2, 0.25) is 0 Å². The highest BCUT2D eigenvalue weighted by molar-refractivity contribution is 5.98. The molecule has 1 N–H and O–H groups in total. The predicted molar refractivity (Wildman–Crippen MR) is 66.4 cm³/mol. The summed E-state index contributed by atoms with van der Waals surface area (Å²) in [5, 5.41) is 3.72. The first kappa shape index (κ1) is 12.2. The van der Waals surface area contributed by atoms with Crippen LogP contribution in [0.3, 0.4) is 0 Å². The fraction of sp³-hybridized carbons (Fsp3) is 0.273. The number of nitrogens with one attached hydrogen (secondary N) is 1. The molecule has 0 radical (unpaired) electrons. The maximum atomic E-state index is 12.0. The zero-order valence-corrected chi connectivity index (χ0v) is 10.6. The lowest BCUT2D eigenvalue weighted by Crippen LogP contribution is -2.33. The number of pyridine rings is 1. The van der Waals surface area contributed by atoms with Crippen molar-refractivity contribution >= 4 is 5.91 Å². The molecule has 0 saturated heterocycles. The molecule has 1 aliphatic heterocycles. The van der Waals surface area contributed by atoms with Crippen LogP contribution in [0.4, 0.5) is 0 Å². The molecule has 1 aliphatic rings. The third kappa shape index (κ3) is 2.09. The number of hydrogen-bond donors (Lipinski definition) is 1. The molecule has 0 bridgehead atoms. The van der Waals surface area contributed by atoms with E-state index in [0.29, 0.717) is 19.0 Å². The van der Waals surface area contributed by atoms with Gasteiger partial charge in [0, 0.05) is 7.05 Å². The number of nitrogens with zero attached hydrogens (tertiary/aromatic N) is 4. The quantitative estimate of drug-likeness (QED) is 0.766. The number of ether oxygens (including phenoxy) is 2. The molecule has 0 aliphatic carbocycles. The summed E-state index contributed by atoms with van der Waals surface area (Å²) in [7, 11) is 1.48. The molecule has 9 heteroatoms. The highest BCUT2D eigenvalue weighted by Crippen LogP contribution is 2.27. The Morgan fingerprint density at radius 1 is 1.35 bits per heavy atom. The molecule has 0 unspecified atom stereocenters. The van der Waals surface area contributed by atoms with Crippen LogP contribution < -0.4 is 20.6 Å². The number of rotatable bonds is 2. The summed E-state index contributed by atoms with van der Waals surface area (Å²) >= 11 is 0. The van der Waals surface area contributed by atoms with Crippen molar-refractivity contribution in [3.63, 3.8) is 0 Å². The SMILES string of the molecule is Cn1ncn(NC(=O)c2ccc3c(n2)OCCO3)c1=O. The van der Waals surface area contributed by atoms with Crippen molar-refractivity contribution in [3.05, 3.63) is 34.6 Å². The number of aromatic nitrogens is 4. The summed E-state index contributed by atoms with van der Waals surface area (Å²) in [5.74, 6) is 0.214. The third-order valence-corrected chi connectivity index (χ3v) is 2.68. The van der Waals surface area contributed by atoms with Gasteiger partial charge in [-0.2, -0.15) is 9.77 Å². The van der Waals surface area contributed by atoms with Crippen LogP contribution in [0.25, 0.3) is 0 Å². The van der Waals surface area contributed by atoms with E-state index in [9.17, 15) is 9.59 Å². The molecule has 2 aromatic heterocycles. The molecule has 0 atom stereocenters. The van der Waals surface area contributed by atoms with Crippen LogP contribution in [-0.2, 0) is 7.05 Å². The van der Waals surface area contributed by atoms with Gasteiger partial charge in [-0.15, -0.1) is 0 Å². The Bertz CT molecular complexity index is 720. The average molecular weight is 277 g/mol. The van der Waals surface area contributed by atoms with Gasteiger partial charge < -0.3 is 9.47 Å². The Kier molecular flexibility index (Phi) is 2.86. The van der Waals surface area contributed by atoms with Gasteiger partial charge >= 0.3 is 5.69 Å². The van der Waals surface area contributed by atoms with Gasteiger partial charge in [0.2, 0.25) is 0 Å². The molecular formula is C11H11N5O4. The van der Waals surface area contributed by atoms with E-state index >= 15 is 0 Å². The Morgan fingerprint density at radius 3 is 2.90 bits per heavy atom. The van der Waals surface area contributed by atoms with Gasteiger partial charge in [0.15, 0.2) is 5.75 Å². The maximum absolute atomic E-state index is 12.0. The molecule has 0 saturated carbocycles. The molecule has 0 fully saturated rings. The van der Waals surface area contributed by atoms with Gasteiger partial charge in [0.25, 0.3) is 11.8 Å². The van der Waals surface area contributed by atoms with Gasteiger partial charge in [0.1, 0.15) is 25.2 Å². The zero-order chi connectivity index (χ0) is 14.1. The fourth-order valence-electron chi connectivity index (χ4n) is 1.68. The van der Waals surface area contributed by atoms with Crippen molar-refractivity contribution in [2.75, 3.05) is 18.6 Å². The number of carbonyl (C=O) groups excluding carboxylic acids is 1. The highest BCUT2D eigenvalue weighted by atomic mass is 16.6. The molecular weight excluding hydrogens is 266 g/mol. The van der Waals surface area contributed by atoms with Gasteiger partial charge in [-0.3, -0.25) is 10.2 Å². The highest BCUT2D eigenvalue weighted by Gasteiger charge is 2.17. The molecule has 9 nitrogen and oxygen atoms in total. The minimum Gasteiger partial charge on any atom is -0.484 e. The molecule has 1 amide bonds. The molecule has 20 heavy (non-hydrogen) atoms. The average Bonchev–Trinajstić information content (AvgIpc) is 2.78. The van der Waals surface area contributed by atoms with Crippen LogP contribution in [0.15, 0.2) is 23.3 Å². The summed E-state index contributed by atoms with van der Waals surface area (Å²) in [4.78, 5) is 27.6. The van der Waals surface area contributed by atoms with E-state index in [2.05, 4.69) is 15.5 Å². The van der Waals surface area contributed by atoms with Crippen LogP contribution >= 0.6 is 0 Å². The van der Waals surface area contributed by atoms with Crippen molar-refractivity contribution in [2.24, 2.45) is 7.05 Å². The Hall–Kier alpha value is -2.84. The second-order valence-electron chi connectivity index (χ2n) is 4.04. The van der Waals surface area contributed by atoms with Crippen molar-refractivity contribution < 1.29 is 14.3 Å². The van der Waals surface area contributed by atoms with Crippen LogP contribution in [0, 0.1) is 0 Å². The van der Waals surface area contributed by atoms with E-state index in [1.54, 1.807) is 6.07 Å². The standard InChI is InChI=1S/C11H11N5O4/c1-15-11(18)16(6-12-15)14-9(17)7-2-3-8-10(13-7)20-5-4-19-8/h2-3,6H,4-5H2,1H3,(H,14,17). The Labute approximate surface area is 112 Å². The van der Waals surface area contributed by atoms with Crippen LogP contribution in [-0.4, -0.2) is 38.6 Å². The van der Waals surface area contributed by atoms with Crippen molar-refractivity contribution in [1.29, 1.82) is 0 Å². The summed E-state index contributed by atoms with van der Waals surface area (Å²) in [6.45, 7) is 0.832. The number of hydrogen-bond acceptors (Lipinski definition) is 6. The number of aryl methyl sites for hydroxylation is 1. The van der Waals surface area contributed by atoms with E-state index < -0.39 is 11.6 Å². The number of carbonyl (C=O) groups is 1. The van der Waals surface area contributed by atoms with E-state index in [-0.39, 0.29) is 11.6 Å². The molecule has 3 rings (SSSR count). The molecule has 3 heterocycles. The first-order chi connectivity index (χ1) is 9.65. The van der Waals surface area contributed by atoms with E-state index in [4.69, 9.17) is 9.47 Å². The summed E-state index contributed by atoms with van der Waals surface area (Å²) in [5.41, 5.74) is 2.03.